The minimum atomic E-state index is -0.220. The molecule has 0 aliphatic heterocycles. The predicted octanol–water partition coefficient (Wildman–Crippen LogP) is 2.10. The van der Waals surface area contributed by atoms with E-state index < -0.39 is 0 Å². The number of carbonyl (C=O) groups excluding carboxylic acids is 2. The Morgan fingerprint density at radius 1 is 1.26 bits per heavy atom. The lowest BCUT2D eigenvalue weighted by Crippen LogP contribution is -2.39. The van der Waals surface area contributed by atoms with Crippen LogP contribution in [0.3, 0.4) is 0 Å². The normalized spacial score (nSPS) is 9.89. The van der Waals surface area contributed by atoms with Crippen LogP contribution < -0.4 is 10.6 Å². The van der Waals surface area contributed by atoms with Gasteiger partial charge in [-0.15, -0.1) is 0 Å². The standard InChI is InChI=1S/C12H15BrClN3O2/c1-17(2)12(19)16-6-5-15-11(18)9-4-3-8(14)7-10(9)13/h3-4,7H,5-6H2,1-2H3,(H,15,18)(H,16,19). The van der Waals surface area contributed by atoms with E-state index in [4.69, 9.17) is 11.6 Å². The van der Waals surface area contributed by atoms with Crippen LogP contribution in [-0.4, -0.2) is 44.0 Å². The second kappa shape index (κ2) is 7.35. The Kier molecular flexibility index (Phi) is 6.11. The lowest BCUT2D eigenvalue weighted by Gasteiger charge is -2.12. The first-order chi connectivity index (χ1) is 8.91. The summed E-state index contributed by atoms with van der Waals surface area (Å²) in [5.74, 6) is -0.220. The van der Waals surface area contributed by atoms with Crippen molar-refractivity contribution in [3.05, 3.63) is 33.3 Å². The molecule has 0 atom stereocenters. The maximum atomic E-state index is 11.8. The van der Waals surface area contributed by atoms with Gasteiger partial charge < -0.3 is 15.5 Å². The number of halogens is 2. The third-order valence-electron chi connectivity index (χ3n) is 2.27. The van der Waals surface area contributed by atoms with Crippen LogP contribution in [0.1, 0.15) is 10.4 Å². The van der Waals surface area contributed by atoms with Crippen molar-refractivity contribution in [3.63, 3.8) is 0 Å². The highest BCUT2D eigenvalue weighted by atomic mass is 79.9. The van der Waals surface area contributed by atoms with Crippen LogP contribution in [-0.2, 0) is 0 Å². The van der Waals surface area contributed by atoms with Gasteiger partial charge in [-0.1, -0.05) is 11.6 Å². The number of urea groups is 1. The van der Waals surface area contributed by atoms with Crippen molar-refractivity contribution in [2.45, 2.75) is 0 Å². The van der Waals surface area contributed by atoms with Crippen LogP contribution in [0.5, 0.6) is 0 Å². The van der Waals surface area contributed by atoms with Gasteiger partial charge in [0.2, 0.25) is 0 Å². The Balaban J connectivity index is 2.41. The quantitative estimate of drug-likeness (QED) is 0.819. The van der Waals surface area contributed by atoms with Crippen LogP contribution in [0.4, 0.5) is 4.79 Å². The summed E-state index contributed by atoms with van der Waals surface area (Å²) in [4.78, 5) is 24.5. The molecule has 0 spiro atoms. The van der Waals surface area contributed by atoms with E-state index in [1.807, 2.05) is 0 Å². The molecule has 0 radical (unpaired) electrons. The number of amides is 3. The number of hydrogen-bond donors (Lipinski definition) is 2. The molecule has 1 rings (SSSR count). The third-order valence-corrected chi connectivity index (χ3v) is 3.16. The van der Waals surface area contributed by atoms with Gasteiger partial charge in [0.05, 0.1) is 5.56 Å². The van der Waals surface area contributed by atoms with Crippen molar-refractivity contribution in [2.24, 2.45) is 0 Å². The molecule has 0 unspecified atom stereocenters. The first-order valence-electron chi connectivity index (χ1n) is 5.60. The molecular formula is C12H15BrClN3O2. The van der Waals surface area contributed by atoms with E-state index in [9.17, 15) is 9.59 Å². The average molecular weight is 349 g/mol. The van der Waals surface area contributed by atoms with Crippen molar-refractivity contribution in [2.75, 3.05) is 27.2 Å². The van der Waals surface area contributed by atoms with E-state index in [2.05, 4.69) is 26.6 Å². The van der Waals surface area contributed by atoms with Gasteiger partial charge in [0.1, 0.15) is 0 Å². The number of carbonyl (C=O) groups is 2. The van der Waals surface area contributed by atoms with Gasteiger partial charge in [0.25, 0.3) is 5.91 Å². The Bertz CT molecular complexity index is 480. The maximum absolute atomic E-state index is 11.8. The van der Waals surface area contributed by atoms with Crippen molar-refractivity contribution in [3.8, 4) is 0 Å². The number of nitrogens with one attached hydrogen (secondary N) is 2. The van der Waals surface area contributed by atoms with E-state index in [-0.39, 0.29) is 11.9 Å². The fourth-order valence-corrected chi connectivity index (χ4v) is 2.14. The zero-order valence-electron chi connectivity index (χ0n) is 10.7. The summed E-state index contributed by atoms with van der Waals surface area (Å²) in [7, 11) is 3.30. The summed E-state index contributed by atoms with van der Waals surface area (Å²) in [5, 5.41) is 5.92. The summed E-state index contributed by atoms with van der Waals surface area (Å²) in [5.41, 5.74) is 0.503. The summed E-state index contributed by atoms with van der Waals surface area (Å²) in [6.07, 6.45) is 0. The SMILES string of the molecule is CN(C)C(=O)NCCNC(=O)c1ccc(Cl)cc1Br. The molecule has 0 aliphatic rings. The van der Waals surface area contributed by atoms with E-state index in [1.165, 1.54) is 4.90 Å². The molecule has 0 saturated heterocycles. The molecule has 0 aliphatic carbocycles. The molecule has 1 aromatic carbocycles. The molecule has 0 fully saturated rings. The van der Waals surface area contributed by atoms with Gasteiger partial charge in [0, 0.05) is 36.7 Å². The minimum absolute atomic E-state index is 0.193. The fraction of sp³-hybridized carbons (Fsp3) is 0.333. The molecule has 3 amide bonds. The average Bonchev–Trinajstić information content (AvgIpc) is 2.33. The molecule has 19 heavy (non-hydrogen) atoms. The molecule has 1 aromatic rings. The topological polar surface area (TPSA) is 61.4 Å². The van der Waals surface area contributed by atoms with Crippen molar-refractivity contribution < 1.29 is 9.59 Å². The smallest absolute Gasteiger partial charge is 0.316 e. The highest BCUT2D eigenvalue weighted by molar-refractivity contribution is 9.10. The first kappa shape index (κ1) is 15.8. The van der Waals surface area contributed by atoms with Gasteiger partial charge in [-0.2, -0.15) is 0 Å². The Labute approximate surface area is 125 Å². The number of benzene rings is 1. The largest absolute Gasteiger partial charge is 0.350 e. The van der Waals surface area contributed by atoms with E-state index >= 15 is 0 Å². The highest BCUT2D eigenvalue weighted by Crippen LogP contribution is 2.21. The summed E-state index contributed by atoms with van der Waals surface area (Å²) in [6.45, 7) is 0.724. The monoisotopic (exact) mass is 347 g/mol. The fourth-order valence-electron chi connectivity index (χ4n) is 1.27. The summed E-state index contributed by atoms with van der Waals surface area (Å²) in [6, 6.07) is 4.75. The Morgan fingerprint density at radius 2 is 1.89 bits per heavy atom. The number of rotatable bonds is 4. The zero-order chi connectivity index (χ0) is 14.4. The third kappa shape index (κ3) is 5.08. The van der Waals surface area contributed by atoms with Crippen LogP contribution in [0.25, 0.3) is 0 Å². The van der Waals surface area contributed by atoms with E-state index in [0.717, 1.165) is 0 Å². The Morgan fingerprint density at radius 3 is 2.47 bits per heavy atom. The molecule has 0 aromatic heterocycles. The van der Waals surface area contributed by atoms with Crippen molar-refractivity contribution in [1.29, 1.82) is 0 Å². The van der Waals surface area contributed by atoms with Crippen molar-refractivity contribution in [1.82, 2.24) is 15.5 Å². The molecular weight excluding hydrogens is 334 g/mol. The van der Waals surface area contributed by atoms with E-state index in [0.29, 0.717) is 28.1 Å². The van der Waals surface area contributed by atoms with Gasteiger partial charge in [-0.25, -0.2) is 4.79 Å². The highest BCUT2D eigenvalue weighted by Gasteiger charge is 2.09. The second-order valence-corrected chi connectivity index (χ2v) is 5.30. The summed E-state index contributed by atoms with van der Waals surface area (Å²) < 4.78 is 0.634. The number of nitrogens with zero attached hydrogens (tertiary/aromatic N) is 1. The van der Waals surface area contributed by atoms with Gasteiger partial charge >= 0.3 is 6.03 Å². The molecule has 104 valence electrons. The lowest BCUT2D eigenvalue weighted by atomic mass is 10.2. The van der Waals surface area contributed by atoms with Crippen molar-refractivity contribution >= 4 is 39.5 Å². The number of hydrogen-bond acceptors (Lipinski definition) is 2. The zero-order valence-corrected chi connectivity index (χ0v) is 13.0. The lowest BCUT2D eigenvalue weighted by molar-refractivity contribution is 0.0953. The minimum Gasteiger partial charge on any atom is -0.350 e. The van der Waals surface area contributed by atoms with Crippen LogP contribution in [0, 0.1) is 0 Å². The molecule has 0 bridgehead atoms. The molecule has 7 heteroatoms. The maximum Gasteiger partial charge on any atom is 0.316 e. The molecule has 0 heterocycles. The van der Waals surface area contributed by atoms with Crippen LogP contribution in [0.15, 0.2) is 22.7 Å². The molecule has 0 saturated carbocycles. The van der Waals surface area contributed by atoms with Crippen LogP contribution in [0.2, 0.25) is 5.02 Å². The second-order valence-electron chi connectivity index (χ2n) is 4.01. The first-order valence-corrected chi connectivity index (χ1v) is 6.77. The Hall–Kier alpha value is -1.27. The van der Waals surface area contributed by atoms with Gasteiger partial charge in [-0.05, 0) is 34.1 Å². The molecule has 2 N–H and O–H groups in total. The van der Waals surface area contributed by atoms with Gasteiger partial charge in [0.15, 0.2) is 0 Å². The van der Waals surface area contributed by atoms with Crippen LogP contribution >= 0.6 is 27.5 Å². The predicted molar refractivity (Wildman–Crippen MR) is 78.6 cm³/mol. The molecule has 5 nitrogen and oxygen atoms in total. The summed E-state index contributed by atoms with van der Waals surface area (Å²) >= 11 is 9.08. The van der Waals surface area contributed by atoms with Gasteiger partial charge in [-0.3, -0.25) is 4.79 Å². The van der Waals surface area contributed by atoms with E-state index in [1.54, 1.807) is 32.3 Å².